The summed E-state index contributed by atoms with van der Waals surface area (Å²) in [5, 5.41) is 8.10. The van der Waals surface area contributed by atoms with Crippen LogP contribution in [0.3, 0.4) is 0 Å². The minimum Gasteiger partial charge on any atom is -0.486 e. The topological polar surface area (TPSA) is 78.3 Å². The fourth-order valence-electron chi connectivity index (χ4n) is 3.21. The van der Waals surface area contributed by atoms with E-state index in [0.717, 1.165) is 22.5 Å². The summed E-state index contributed by atoms with van der Waals surface area (Å²) in [6.45, 7) is 4.50. The van der Waals surface area contributed by atoms with Gasteiger partial charge >= 0.3 is 0 Å². The SMILES string of the molecule is Cc1cc(C(=O)NC[C@@H]2COc3ccccc3O2)c2c(C)nn(C)c2n1. The number of para-hydroxylation sites is 2. The van der Waals surface area contributed by atoms with Gasteiger partial charge in [0.05, 0.1) is 23.2 Å². The highest BCUT2D eigenvalue weighted by molar-refractivity contribution is 6.06. The fourth-order valence-corrected chi connectivity index (χ4v) is 3.21. The van der Waals surface area contributed by atoms with Crippen molar-refractivity contribution >= 4 is 16.9 Å². The van der Waals surface area contributed by atoms with Crippen LogP contribution < -0.4 is 14.8 Å². The first kappa shape index (κ1) is 16.4. The lowest BCUT2D eigenvalue weighted by Gasteiger charge is -2.26. The van der Waals surface area contributed by atoms with Crippen LogP contribution in [0.4, 0.5) is 0 Å². The summed E-state index contributed by atoms with van der Waals surface area (Å²) in [5.74, 6) is 1.26. The van der Waals surface area contributed by atoms with Gasteiger partial charge in [-0.25, -0.2) is 4.98 Å². The van der Waals surface area contributed by atoms with Crippen LogP contribution in [0.15, 0.2) is 30.3 Å². The Hall–Kier alpha value is -3.09. The van der Waals surface area contributed by atoms with Crippen LogP contribution >= 0.6 is 0 Å². The Labute approximate surface area is 150 Å². The quantitative estimate of drug-likeness (QED) is 0.781. The highest BCUT2D eigenvalue weighted by Gasteiger charge is 2.23. The van der Waals surface area contributed by atoms with E-state index in [9.17, 15) is 4.79 Å². The molecule has 4 rings (SSSR count). The van der Waals surface area contributed by atoms with Gasteiger partial charge in [0.25, 0.3) is 5.91 Å². The molecular formula is C19H20N4O3. The van der Waals surface area contributed by atoms with Crippen molar-refractivity contribution in [1.29, 1.82) is 0 Å². The van der Waals surface area contributed by atoms with Crippen molar-refractivity contribution in [3.8, 4) is 11.5 Å². The van der Waals surface area contributed by atoms with Crippen LogP contribution in [0, 0.1) is 13.8 Å². The second-order valence-electron chi connectivity index (χ2n) is 6.43. The maximum Gasteiger partial charge on any atom is 0.252 e. The molecule has 2 aromatic heterocycles. The summed E-state index contributed by atoms with van der Waals surface area (Å²) in [4.78, 5) is 17.3. The summed E-state index contributed by atoms with van der Waals surface area (Å²) >= 11 is 0. The van der Waals surface area contributed by atoms with Crippen LogP contribution in [0.1, 0.15) is 21.7 Å². The van der Waals surface area contributed by atoms with E-state index in [-0.39, 0.29) is 12.0 Å². The van der Waals surface area contributed by atoms with Gasteiger partial charge in [0, 0.05) is 12.7 Å². The Morgan fingerprint density at radius 3 is 2.88 bits per heavy atom. The normalized spacial score (nSPS) is 15.9. The molecule has 7 nitrogen and oxygen atoms in total. The number of aromatic nitrogens is 3. The van der Waals surface area contributed by atoms with Crippen molar-refractivity contribution in [2.75, 3.05) is 13.2 Å². The van der Waals surface area contributed by atoms with Gasteiger partial charge in [-0.2, -0.15) is 5.10 Å². The maximum atomic E-state index is 12.8. The average Bonchev–Trinajstić information content (AvgIpc) is 2.92. The summed E-state index contributed by atoms with van der Waals surface area (Å²) in [7, 11) is 1.83. The minimum absolute atomic E-state index is 0.168. The predicted molar refractivity (Wildman–Crippen MR) is 96.7 cm³/mol. The summed E-state index contributed by atoms with van der Waals surface area (Å²) < 4.78 is 13.3. The van der Waals surface area contributed by atoms with Crippen molar-refractivity contribution < 1.29 is 14.3 Å². The molecule has 26 heavy (non-hydrogen) atoms. The number of fused-ring (bicyclic) bond motifs is 2. The highest BCUT2D eigenvalue weighted by Crippen LogP contribution is 2.30. The Morgan fingerprint density at radius 2 is 2.08 bits per heavy atom. The highest BCUT2D eigenvalue weighted by atomic mass is 16.6. The summed E-state index contributed by atoms with van der Waals surface area (Å²) in [6, 6.07) is 9.31. The third-order valence-corrected chi connectivity index (χ3v) is 4.40. The molecule has 1 amide bonds. The minimum atomic E-state index is -0.234. The van der Waals surface area contributed by atoms with Crippen LogP contribution in [-0.2, 0) is 7.05 Å². The molecule has 1 aromatic carbocycles. The van der Waals surface area contributed by atoms with Crippen LogP contribution in [0.25, 0.3) is 11.0 Å². The standard InChI is InChI=1S/C19H20N4O3/c1-11-8-14(17-12(2)22-23(3)18(17)21-11)19(24)20-9-13-10-25-15-6-4-5-7-16(15)26-13/h4-8,13H,9-10H2,1-3H3,(H,20,24)/t13-/m1/s1. The van der Waals surface area contributed by atoms with Gasteiger partial charge in [-0.05, 0) is 32.0 Å². The molecule has 1 N–H and O–H groups in total. The number of aryl methyl sites for hydroxylation is 3. The molecular weight excluding hydrogens is 332 g/mol. The zero-order chi connectivity index (χ0) is 18.3. The molecule has 0 radical (unpaired) electrons. The van der Waals surface area contributed by atoms with Crippen LogP contribution in [0.2, 0.25) is 0 Å². The summed E-state index contributed by atoms with van der Waals surface area (Å²) in [5.41, 5.74) is 2.84. The van der Waals surface area contributed by atoms with Gasteiger partial charge in [-0.15, -0.1) is 0 Å². The Kier molecular flexibility index (Phi) is 3.99. The van der Waals surface area contributed by atoms with Crippen LogP contribution in [-0.4, -0.2) is 39.9 Å². The van der Waals surface area contributed by atoms with E-state index in [0.29, 0.717) is 30.1 Å². The van der Waals surface area contributed by atoms with E-state index in [1.54, 1.807) is 10.7 Å². The number of ether oxygens (including phenoxy) is 2. The Balaban J connectivity index is 1.52. The van der Waals surface area contributed by atoms with Crippen molar-refractivity contribution in [1.82, 2.24) is 20.1 Å². The smallest absolute Gasteiger partial charge is 0.252 e. The van der Waals surface area contributed by atoms with Crippen molar-refractivity contribution in [2.45, 2.75) is 20.0 Å². The average molecular weight is 352 g/mol. The van der Waals surface area contributed by atoms with E-state index < -0.39 is 0 Å². The monoisotopic (exact) mass is 352 g/mol. The van der Waals surface area contributed by atoms with E-state index in [4.69, 9.17) is 9.47 Å². The number of benzene rings is 1. The fraction of sp³-hybridized carbons (Fsp3) is 0.316. The molecule has 1 atom stereocenters. The Bertz CT molecular complexity index is 996. The number of hydrogen-bond acceptors (Lipinski definition) is 5. The molecule has 7 heteroatoms. The summed E-state index contributed by atoms with van der Waals surface area (Å²) in [6.07, 6.45) is -0.234. The third-order valence-electron chi connectivity index (χ3n) is 4.40. The molecule has 0 saturated heterocycles. The molecule has 3 heterocycles. The zero-order valence-corrected chi connectivity index (χ0v) is 14.9. The molecule has 0 unspecified atom stereocenters. The predicted octanol–water partition coefficient (Wildman–Crippen LogP) is 2.15. The molecule has 0 bridgehead atoms. The molecule has 0 spiro atoms. The second kappa shape index (κ2) is 6.33. The first-order chi connectivity index (χ1) is 12.5. The first-order valence-corrected chi connectivity index (χ1v) is 8.50. The van der Waals surface area contributed by atoms with E-state index >= 15 is 0 Å². The zero-order valence-electron chi connectivity index (χ0n) is 14.9. The number of carbonyl (C=O) groups is 1. The molecule has 3 aromatic rings. The van der Waals surface area contributed by atoms with E-state index in [1.807, 2.05) is 45.2 Å². The largest absolute Gasteiger partial charge is 0.486 e. The van der Waals surface area contributed by atoms with Crippen molar-refractivity contribution in [2.24, 2.45) is 7.05 Å². The number of amides is 1. The lowest BCUT2D eigenvalue weighted by Crippen LogP contribution is -2.40. The lowest BCUT2D eigenvalue weighted by molar-refractivity contribution is 0.0790. The van der Waals surface area contributed by atoms with Crippen molar-refractivity contribution in [3.05, 3.63) is 47.3 Å². The number of hydrogen-bond donors (Lipinski definition) is 1. The maximum absolute atomic E-state index is 12.8. The first-order valence-electron chi connectivity index (χ1n) is 8.50. The van der Waals surface area contributed by atoms with Gasteiger partial charge in [-0.1, -0.05) is 12.1 Å². The van der Waals surface area contributed by atoms with Gasteiger partial charge in [0.15, 0.2) is 17.1 Å². The molecule has 1 aliphatic heterocycles. The van der Waals surface area contributed by atoms with Gasteiger partial charge < -0.3 is 14.8 Å². The molecule has 1 aliphatic rings. The van der Waals surface area contributed by atoms with Gasteiger partial charge in [0.1, 0.15) is 12.7 Å². The van der Waals surface area contributed by atoms with Crippen molar-refractivity contribution in [3.63, 3.8) is 0 Å². The van der Waals surface area contributed by atoms with Gasteiger partial charge in [0.2, 0.25) is 0 Å². The second-order valence-corrected chi connectivity index (χ2v) is 6.43. The number of pyridine rings is 1. The third kappa shape index (κ3) is 2.85. The molecule has 134 valence electrons. The van der Waals surface area contributed by atoms with Gasteiger partial charge in [-0.3, -0.25) is 9.48 Å². The molecule has 0 aliphatic carbocycles. The molecule has 0 saturated carbocycles. The van der Waals surface area contributed by atoms with E-state index in [1.165, 1.54) is 0 Å². The lowest BCUT2D eigenvalue weighted by atomic mass is 10.1. The number of nitrogens with zero attached hydrogens (tertiary/aromatic N) is 3. The van der Waals surface area contributed by atoms with Crippen LogP contribution in [0.5, 0.6) is 11.5 Å². The number of carbonyl (C=O) groups excluding carboxylic acids is 1. The number of nitrogens with one attached hydrogen (secondary N) is 1. The number of rotatable bonds is 3. The van der Waals surface area contributed by atoms with E-state index in [2.05, 4.69) is 15.4 Å². The molecule has 0 fully saturated rings. The Morgan fingerprint density at radius 1 is 1.31 bits per heavy atom.